The van der Waals surface area contributed by atoms with E-state index in [1.807, 2.05) is 0 Å². The van der Waals surface area contributed by atoms with Crippen LogP contribution in [0.3, 0.4) is 0 Å². The quantitative estimate of drug-likeness (QED) is 0.192. The van der Waals surface area contributed by atoms with E-state index in [0.717, 1.165) is 48.5 Å². The van der Waals surface area contributed by atoms with Gasteiger partial charge in [0.05, 0.1) is 33.2 Å². The molecule has 0 aliphatic carbocycles. The molecule has 0 fully saturated rings. The van der Waals surface area contributed by atoms with Gasteiger partial charge in [0, 0.05) is 28.2 Å². The lowest BCUT2D eigenvalue weighted by Crippen LogP contribution is -2.35. The Morgan fingerprint density at radius 1 is 0.673 bits per heavy atom. The van der Waals surface area contributed by atoms with Crippen LogP contribution < -0.4 is 9.47 Å². The average Bonchev–Trinajstić information content (AvgIpc) is 3.29. The molecular weight excluding hydrogens is 761 g/mol. The van der Waals surface area contributed by atoms with E-state index in [2.05, 4.69) is 0 Å². The Hall–Kier alpha value is -4.16. The SMILES string of the molecule is N#Cc1cc(F)cc(Oc2ccc3c(c2Cl)S(=O)C(F)(F)C3(F)F)c1.N#Cc1cc(F)cc(Oc2ccc3c(c2Cl)SC(F)(F)C3(F)F)c1. The van der Waals surface area contributed by atoms with Crippen molar-refractivity contribution in [1.29, 1.82) is 10.5 Å². The second-order valence-corrected chi connectivity index (χ2v) is 13.2. The number of nitriles is 2. The minimum atomic E-state index is -4.82. The van der Waals surface area contributed by atoms with Crippen molar-refractivity contribution >= 4 is 45.8 Å². The van der Waals surface area contributed by atoms with Crippen LogP contribution in [0.2, 0.25) is 10.0 Å². The van der Waals surface area contributed by atoms with Crippen LogP contribution in [0.5, 0.6) is 23.0 Å². The van der Waals surface area contributed by atoms with Crippen molar-refractivity contribution in [2.75, 3.05) is 0 Å². The van der Waals surface area contributed by atoms with E-state index >= 15 is 0 Å². The molecule has 0 saturated heterocycles. The van der Waals surface area contributed by atoms with E-state index in [9.17, 15) is 48.1 Å². The first-order valence-electron chi connectivity index (χ1n) is 12.8. The van der Waals surface area contributed by atoms with E-state index in [1.54, 1.807) is 12.1 Å². The Morgan fingerprint density at radius 3 is 1.63 bits per heavy atom. The Morgan fingerprint density at radius 2 is 1.14 bits per heavy atom. The van der Waals surface area contributed by atoms with Gasteiger partial charge in [-0.15, -0.1) is 0 Å². The van der Waals surface area contributed by atoms with Crippen LogP contribution >= 0.6 is 35.0 Å². The van der Waals surface area contributed by atoms with Gasteiger partial charge < -0.3 is 9.47 Å². The van der Waals surface area contributed by atoms with Crippen LogP contribution in [-0.4, -0.2) is 14.7 Å². The van der Waals surface area contributed by atoms with Gasteiger partial charge in [-0.3, -0.25) is 0 Å². The molecule has 1 unspecified atom stereocenters. The fourth-order valence-electron chi connectivity index (χ4n) is 4.39. The van der Waals surface area contributed by atoms with E-state index in [-0.39, 0.29) is 45.9 Å². The first kappa shape index (κ1) is 36.1. The molecule has 0 amide bonds. The zero-order chi connectivity index (χ0) is 36.3. The molecule has 2 aliphatic rings. The van der Waals surface area contributed by atoms with Crippen LogP contribution in [0.25, 0.3) is 0 Å². The summed E-state index contributed by atoms with van der Waals surface area (Å²) in [6.07, 6.45) is 0. The summed E-state index contributed by atoms with van der Waals surface area (Å²) in [6.45, 7) is 0. The van der Waals surface area contributed by atoms with Crippen LogP contribution in [0.15, 0.2) is 70.5 Å². The summed E-state index contributed by atoms with van der Waals surface area (Å²) < 4.78 is 158. The van der Waals surface area contributed by atoms with E-state index in [0.29, 0.717) is 6.07 Å². The molecule has 254 valence electrons. The third-order valence-electron chi connectivity index (χ3n) is 6.64. The fourth-order valence-corrected chi connectivity index (χ4v) is 7.37. The lowest BCUT2D eigenvalue weighted by molar-refractivity contribution is -0.156. The van der Waals surface area contributed by atoms with Crippen LogP contribution in [-0.2, 0) is 22.6 Å². The summed E-state index contributed by atoms with van der Waals surface area (Å²) in [4.78, 5) is -1.44. The zero-order valence-electron chi connectivity index (χ0n) is 23.2. The predicted octanol–water partition coefficient (Wildman–Crippen LogP) is 10.9. The van der Waals surface area contributed by atoms with Crippen molar-refractivity contribution in [3.05, 3.63) is 105 Å². The van der Waals surface area contributed by atoms with Crippen LogP contribution in [0.4, 0.5) is 43.9 Å². The molecule has 0 radical (unpaired) electrons. The second-order valence-electron chi connectivity index (χ2n) is 9.84. The number of halogens is 12. The highest BCUT2D eigenvalue weighted by atomic mass is 35.5. The number of thioether (sulfide) groups is 1. The highest BCUT2D eigenvalue weighted by Crippen LogP contribution is 2.63. The topological polar surface area (TPSA) is 83.1 Å². The molecule has 19 heteroatoms. The Bertz CT molecular complexity index is 2140. The number of hydrogen-bond donors (Lipinski definition) is 0. The maximum absolute atomic E-state index is 13.7. The molecule has 4 aromatic carbocycles. The Labute approximate surface area is 285 Å². The maximum Gasteiger partial charge on any atom is 0.391 e. The molecule has 0 bridgehead atoms. The number of fused-ring (bicyclic) bond motifs is 2. The number of nitrogens with zero attached hydrogens (tertiary/aromatic N) is 2. The van der Waals surface area contributed by atoms with E-state index in [1.165, 1.54) is 6.07 Å². The smallest absolute Gasteiger partial charge is 0.391 e. The summed E-state index contributed by atoms with van der Waals surface area (Å²) in [5.41, 5.74) is -2.18. The minimum Gasteiger partial charge on any atom is -0.456 e. The lowest BCUT2D eigenvalue weighted by Gasteiger charge is -2.17. The largest absolute Gasteiger partial charge is 0.456 e. The predicted molar refractivity (Wildman–Crippen MR) is 155 cm³/mol. The standard InChI is InChI=1S/C15H5ClF5NO2S.C15H5ClF5NOS/c16-12-11(24-9-4-7(6-22)3-8(17)5-9)2-1-10-13(12)25(23)15(20,21)14(10,18)19;16-12-11(23-9-4-7(6-22)3-8(17)5-9)2-1-10-13(12)24-15(20,21)14(10,18)19/h1-5H;1-5H. The minimum absolute atomic E-state index is 0.0327. The first-order chi connectivity index (χ1) is 22.7. The van der Waals surface area contributed by atoms with Crippen molar-refractivity contribution in [2.24, 2.45) is 0 Å². The van der Waals surface area contributed by atoms with Gasteiger partial charge in [0.15, 0.2) is 0 Å². The summed E-state index contributed by atoms with van der Waals surface area (Å²) in [5.74, 6) is -11.5. The van der Waals surface area contributed by atoms with Gasteiger partial charge in [-0.25, -0.2) is 13.0 Å². The number of hydrogen-bond acceptors (Lipinski definition) is 6. The molecular formula is C30H10Cl2F10N2O3S2. The summed E-state index contributed by atoms with van der Waals surface area (Å²) in [5, 5.41) is 7.28. The van der Waals surface area contributed by atoms with E-state index < -0.39 is 75.8 Å². The number of benzene rings is 4. The summed E-state index contributed by atoms with van der Waals surface area (Å²) in [7, 11) is -3.39. The molecule has 1 atom stereocenters. The highest BCUT2D eigenvalue weighted by molar-refractivity contribution is 8.00. The average molecular weight is 771 g/mol. The Kier molecular flexibility index (Phi) is 9.31. The van der Waals surface area contributed by atoms with Crippen molar-refractivity contribution < 1.29 is 57.6 Å². The van der Waals surface area contributed by atoms with Gasteiger partial charge in [0.2, 0.25) is 0 Å². The molecule has 5 nitrogen and oxygen atoms in total. The maximum atomic E-state index is 13.7. The monoisotopic (exact) mass is 770 g/mol. The second kappa shape index (κ2) is 12.6. The molecule has 0 spiro atoms. The third-order valence-corrected chi connectivity index (χ3v) is 10.3. The van der Waals surface area contributed by atoms with Crippen molar-refractivity contribution in [3.8, 4) is 35.1 Å². The number of ether oxygens (including phenoxy) is 2. The highest BCUT2D eigenvalue weighted by Gasteiger charge is 2.69. The van der Waals surface area contributed by atoms with Crippen molar-refractivity contribution in [3.63, 3.8) is 0 Å². The van der Waals surface area contributed by atoms with Gasteiger partial charge in [-0.1, -0.05) is 23.2 Å². The van der Waals surface area contributed by atoms with Gasteiger partial charge in [-0.2, -0.15) is 45.6 Å². The molecule has 2 aliphatic heterocycles. The van der Waals surface area contributed by atoms with Gasteiger partial charge >= 0.3 is 22.4 Å². The van der Waals surface area contributed by atoms with Gasteiger partial charge in [0.1, 0.15) is 50.5 Å². The Balaban J connectivity index is 0.000000191. The molecule has 0 saturated carbocycles. The summed E-state index contributed by atoms with van der Waals surface area (Å²) in [6, 6.07) is 12.7. The molecule has 49 heavy (non-hydrogen) atoms. The fraction of sp³-hybridized carbons (Fsp3) is 0.133. The summed E-state index contributed by atoms with van der Waals surface area (Å²) >= 11 is 11.4. The number of rotatable bonds is 4. The molecule has 0 aromatic heterocycles. The third kappa shape index (κ3) is 6.25. The lowest BCUT2D eigenvalue weighted by atomic mass is 10.1. The molecule has 6 rings (SSSR count). The molecule has 2 heterocycles. The van der Waals surface area contributed by atoms with Gasteiger partial charge in [0.25, 0.3) is 0 Å². The van der Waals surface area contributed by atoms with Gasteiger partial charge in [-0.05, 0) is 60.3 Å². The molecule has 4 aromatic rings. The van der Waals surface area contributed by atoms with E-state index in [4.69, 9.17) is 43.2 Å². The van der Waals surface area contributed by atoms with Crippen molar-refractivity contribution in [1.82, 2.24) is 0 Å². The first-order valence-corrected chi connectivity index (χ1v) is 15.5. The normalized spacial score (nSPS) is 18.6. The van der Waals surface area contributed by atoms with Crippen molar-refractivity contribution in [2.45, 2.75) is 32.1 Å². The number of alkyl halides is 8. The van der Waals surface area contributed by atoms with Crippen LogP contribution in [0, 0.1) is 34.3 Å². The molecule has 0 N–H and O–H groups in total. The zero-order valence-corrected chi connectivity index (χ0v) is 26.4. The van der Waals surface area contributed by atoms with Crippen LogP contribution in [0.1, 0.15) is 22.3 Å².